The summed E-state index contributed by atoms with van der Waals surface area (Å²) in [5.74, 6) is 1.10. The highest BCUT2D eigenvalue weighted by Gasteiger charge is 2.54. The highest BCUT2D eigenvalue weighted by atomic mass is 79.9. The maximum Gasteiger partial charge on any atom is 0.339 e. The first-order valence-electron chi connectivity index (χ1n) is 9.84. The number of aromatic carboxylic acids is 1. The molecule has 1 N–H and O–H groups in total. The van der Waals surface area contributed by atoms with Crippen LogP contribution in [-0.2, 0) is 4.79 Å². The van der Waals surface area contributed by atoms with Crippen LogP contribution >= 0.6 is 27.3 Å². The van der Waals surface area contributed by atoms with Crippen molar-refractivity contribution >= 4 is 44.6 Å². The number of hydrogen-bond donors (Lipinski definition) is 1. The second kappa shape index (κ2) is 6.70. The minimum absolute atomic E-state index is 0.192. The predicted molar refractivity (Wildman–Crippen MR) is 114 cm³/mol. The Labute approximate surface area is 176 Å². The zero-order valence-electron chi connectivity index (χ0n) is 15.4. The Kier molecular flexibility index (Phi) is 4.40. The Bertz CT molecular complexity index is 900. The Balaban J connectivity index is 1.59. The largest absolute Gasteiger partial charge is 0.478 e. The Morgan fingerprint density at radius 1 is 1.11 bits per heavy atom. The van der Waals surface area contributed by atoms with Crippen molar-refractivity contribution in [1.29, 1.82) is 0 Å². The van der Waals surface area contributed by atoms with Gasteiger partial charge in [0.15, 0.2) is 0 Å². The lowest BCUT2D eigenvalue weighted by molar-refractivity contribution is -0.110. The quantitative estimate of drug-likeness (QED) is 0.574. The van der Waals surface area contributed by atoms with E-state index in [0.717, 1.165) is 35.7 Å². The van der Waals surface area contributed by atoms with E-state index in [4.69, 9.17) is 0 Å². The topological polar surface area (TPSA) is 57.6 Å². The lowest BCUT2D eigenvalue weighted by Crippen LogP contribution is -2.60. The van der Waals surface area contributed by atoms with Gasteiger partial charge in [-0.3, -0.25) is 9.69 Å². The van der Waals surface area contributed by atoms with Crippen LogP contribution in [0.1, 0.15) is 48.9 Å². The van der Waals surface area contributed by atoms with Gasteiger partial charge in [-0.15, -0.1) is 11.3 Å². The molecule has 146 valence electrons. The molecule has 4 saturated carbocycles. The second-order valence-electron chi connectivity index (χ2n) is 8.76. The van der Waals surface area contributed by atoms with Crippen LogP contribution in [0.5, 0.6) is 0 Å². The van der Waals surface area contributed by atoms with Crippen LogP contribution in [0, 0.1) is 17.8 Å². The van der Waals surface area contributed by atoms with E-state index in [-0.39, 0.29) is 11.1 Å². The maximum atomic E-state index is 12.3. The maximum absolute atomic E-state index is 12.3. The monoisotopic (exact) mass is 459 g/mol. The van der Waals surface area contributed by atoms with E-state index in [1.165, 1.54) is 30.6 Å². The predicted octanol–water partition coefficient (Wildman–Crippen LogP) is 5.81. The third-order valence-corrected chi connectivity index (χ3v) is 8.49. The van der Waals surface area contributed by atoms with Crippen LogP contribution in [0.4, 0.5) is 5.00 Å². The number of carbonyl (C=O) groups excluding carboxylic acids is 1. The lowest BCUT2D eigenvalue weighted by Gasteiger charge is -2.59. The number of carboxylic acids is 1. The number of rotatable bonds is 5. The molecule has 1 amide bonds. The van der Waals surface area contributed by atoms with Gasteiger partial charge in [-0.05, 0) is 74.0 Å². The molecule has 4 bridgehead atoms. The first-order valence-corrected chi connectivity index (χ1v) is 11.5. The van der Waals surface area contributed by atoms with Gasteiger partial charge in [0.25, 0.3) is 0 Å². The summed E-state index contributed by atoms with van der Waals surface area (Å²) < 4.78 is 0.951. The molecule has 4 aliphatic rings. The molecule has 4 fully saturated rings. The van der Waals surface area contributed by atoms with Gasteiger partial charge in [-0.2, -0.15) is 0 Å². The number of thiophene rings is 1. The summed E-state index contributed by atoms with van der Waals surface area (Å²) in [5, 5.41) is 12.5. The third kappa shape index (κ3) is 2.84. The minimum Gasteiger partial charge on any atom is -0.478 e. The molecule has 0 atom stereocenters. The van der Waals surface area contributed by atoms with Crippen molar-refractivity contribution in [3.05, 3.63) is 39.7 Å². The average molecular weight is 460 g/mol. The van der Waals surface area contributed by atoms with E-state index in [1.54, 1.807) is 0 Å². The van der Waals surface area contributed by atoms with Crippen LogP contribution in [0.25, 0.3) is 11.1 Å². The van der Waals surface area contributed by atoms with Gasteiger partial charge < -0.3 is 5.11 Å². The van der Waals surface area contributed by atoms with Crippen LogP contribution in [0.3, 0.4) is 0 Å². The number of anilines is 1. The molecule has 28 heavy (non-hydrogen) atoms. The van der Waals surface area contributed by atoms with Gasteiger partial charge in [0.2, 0.25) is 6.41 Å². The first kappa shape index (κ1) is 18.4. The molecule has 0 aliphatic heterocycles. The van der Waals surface area contributed by atoms with Gasteiger partial charge in [0.05, 0.1) is 0 Å². The van der Waals surface area contributed by atoms with E-state index in [1.807, 2.05) is 34.5 Å². The van der Waals surface area contributed by atoms with E-state index in [9.17, 15) is 14.7 Å². The minimum atomic E-state index is -0.967. The molecule has 1 heterocycles. The van der Waals surface area contributed by atoms with Gasteiger partial charge in [0, 0.05) is 21.0 Å². The zero-order chi connectivity index (χ0) is 19.5. The van der Waals surface area contributed by atoms with Gasteiger partial charge >= 0.3 is 5.97 Å². The Morgan fingerprint density at radius 2 is 1.68 bits per heavy atom. The summed E-state index contributed by atoms with van der Waals surface area (Å²) in [7, 11) is 0. The number of carbonyl (C=O) groups is 2. The Hall–Kier alpha value is -1.66. The fourth-order valence-electron chi connectivity index (χ4n) is 6.31. The fourth-order valence-corrected chi connectivity index (χ4v) is 7.72. The normalized spacial score (nSPS) is 30.4. The number of nitrogens with zero attached hydrogens (tertiary/aromatic N) is 1. The smallest absolute Gasteiger partial charge is 0.339 e. The molecular weight excluding hydrogens is 438 g/mol. The summed E-state index contributed by atoms with van der Waals surface area (Å²) in [4.78, 5) is 26.4. The molecule has 0 unspecified atom stereocenters. The van der Waals surface area contributed by atoms with Crippen molar-refractivity contribution in [3.63, 3.8) is 0 Å². The van der Waals surface area contributed by atoms with E-state index < -0.39 is 5.97 Å². The number of carboxylic acid groups (broad SMARTS) is 1. The number of halogens is 1. The summed E-state index contributed by atoms with van der Waals surface area (Å²) >= 11 is 4.81. The molecule has 1 aromatic carbocycles. The fraction of sp³-hybridized carbons (Fsp3) is 0.455. The summed E-state index contributed by atoms with van der Waals surface area (Å²) in [6.45, 7) is 0. The molecule has 0 radical (unpaired) electrons. The molecule has 1 aromatic heterocycles. The van der Waals surface area contributed by atoms with Crippen LogP contribution in [0.2, 0.25) is 0 Å². The standard InChI is InChI=1S/C22H22BrNO3S/c23-17-3-1-16(2-4-17)18-11-28-20(19(18)21(26)27)24(12-25)22-8-13-5-14(9-22)7-15(6-13)10-22/h1-4,11-15H,5-10H2,(H,26,27). The van der Waals surface area contributed by atoms with Crippen molar-refractivity contribution in [2.24, 2.45) is 17.8 Å². The van der Waals surface area contributed by atoms with Crippen molar-refractivity contribution < 1.29 is 14.7 Å². The Morgan fingerprint density at radius 3 is 2.18 bits per heavy atom. The van der Waals surface area contributed by atoms with Gasteiger partial charge in [0.1, 0.15) is 10.6 Å². The highest BCUT2D eigenvalue weighted by molar-refractivity contribution is 9.10. The highest BCUT2D eigenvalue weighted by Crippen LogP contribution is 2.59. The zero-order valence-corrected chi connectivity index (χ0v) is 17.8. The van der Waals surface area contributed by atoms with E-state index >= 15 is 0 Å². The number of amides is 1. The van der Waals surface area contributed by atoms with Crippen LogP contribution in [-0.4, -0.2) is 23.0 Å². The van der Waals surface area contributed by atoms with Crippen molar-refractivity contribution in [2.75, 3.05) is 4.90 Å². The summed E-state index contributed by atoms with van der Waals surface area (Å²) in [6.07, 6.45) is 7.80. The van der Waals surface area contributed by atoms with E-state index in [0.29, 0.717) is 28.3 Å². The summed E-state index contributed by atoms with van der Waals surface area (Å²) in [6, 6.07) is 7.65. The first-order chi connectivity index (χ1) is 13.5. The second-order valence-corrected chi connectivity index (χ2v) is 10.5. The number of benzene rings is 1. The summed E-state index contributed by atoms with van der Waals surface area (Å²) in [5.41, 5.74) is 1.62. The van der Waals surface area contributed by atoms with Crippen molar-refractivity contribution in [1.82, 2.24) is 0 Å². The molecule has 4 aliphatic carbocycles. The molecule has 6 heteroatoms. The average Bonchev–Trinajstić information content (AvgIpc) is 3.06. The SMILES string of the molecule is O=CN(c1scc(-c2ccc(Br)cc2)c1C(=O)O)C12CC3CC(CC(C3)C1)C2. The number of hydrogen-bond acceptors (Lipinski definition) is 3. The molecule has 0 spiro atoms. The molecule has 4 nitrogen and oxygen atoms in total. The van der Waals surface area contributed by atoms with Crippen LogP contribution in [0.15, 0.2) is 34.1 Å². The van der Waals surface area contributed by atoms with Crippen LogP contribution < -0.4 is 4.90 Å². The third-order valence-electron chi connectivity index (χ3n) is 6.98. The van der Waals surface area contributed by atoms with Crippen molar-refractivity contribution in [3.8, 4) is 11.1 Å². The molecule has 6 rings (SSSR count). The van der Waals surface area contributed by atoms with Gasteiger partial charge in [-0.25, -0.2) is 4.79 Å². The molecular formula is C22H22BrNO3S. The molecule has 2 aromatic rings. The van der Waals surface area contributed by atoms with Crippen molar-refractivity contribution in [2.45, 2.75) is 44.1 Å². The van der Waals surface area contributed by atoms with E-state index in [2.05, 4.69) is 15.9 Å². The molecule has 0 saturated heterocycles. The van der Waals surface area contributed by atoms with Gasteiger partial charge in [-0.1, -0.05) is 28.1 Å². The lowest BCUT2D eigenvalue weighted by atomic mass is 9.52.